The molecular weight excluding hydrogens is 412 g/mol. The lowest BCUT2D eigenvalue weighted by molar-refractivity contribution is 0.245. The van der Waals surface area contributed by atoms with E-state index in [0.29, 0.717) is 26.2 Å². The molecule has 0 heterocycles. The van der Waals surface area contributed by atoms with Gasteiger partial charge in [-0.15, -0.1) is 13.2 Å². The molecule has 12 nitrogen and oxygen atoms in total. The van der Waals surface area contributed by atoms with Gasteiger partial charge >= 0.3 is 12.1 Å². The second kappa shape index (κ2) is 21.1. The predicted octanol–water partition coefficient (Wildman–Crippen LogP) is -0.674. The Kier molecular flexibility index (Phi) is 19.1. The molecular formula is C20H40N10O2. The highest BCUT2D eigenvalue weighted by Gasteiger charge is 2.00. The molecule has 0 rings (SSSR count). The van der Waals surface area contributed by atoms with Crippen molar-refractivity contribution in [1.82, 2.24) is 31.9 Å². The quantitative estimate of drug-likeness (QED) is 0.0626. The zero-order valence-corrected chi connectivity index (χ0v) is 18.9. The molecule has 0 atom stereocenters. The first-order valence-electron chi connectivity index (χ1n) is 10.8. The molecule has 182 valence electrons. The molecule has 0 unspecified atom stereocenters. The van der Waals surface area contributed by atoms with Crippen LogP contribution in [0.1, 0.15) is 25.7 Å². The second-order valence-corrected chi connectivity index (χ2v) is 6.70. The lowest BCUT2D eigenvalue weighted by atomic mass is 10.3. The molecule has 10 N–H and O–H groups in total. The largest absolute Gasteiger partial charge is 0.370 e. The van der Waals surface area contributed by atoms with Crippen LogP contribution in [0.3, 0.4) is 0 Å². The van der Waals surface area contributed by atoms with Crippen LogP contribution >= 0.6 is 0 Å². The summed E-state index contributed by atoms with van der Waals surface area (Å²) in [4.78, 5) is 30.9. The van der Waals surface area contributed by atoms with E-state index in [2.05, 4.69) is 55.0 Å². The molecule has 0 aliphatic rings. The highest BCUT2D eigenvalue weighted by molar-refractivity contribution is 5.95. The third-order valence-electron chi connectivity index (χ3n) is 3.84. The molecule has 0 aliphatic heterocycles. The van der Waals surface area contributed by atoms with Crippen molar-refractivity contribution in [2.45, 2.75) is 25.7 Å². The smallest absolute Gasteiger partial charge is 0.321 e. The molecule has 0 aromatic carbocycles. The van der Waals surface area contributed by atoms with Crippen molar-refractivity contribution in [3.05, 3.63) is 25.3 Å². The van der Waals surface area contributed by atoms with E-state index in [4.69, 9.17) is 11.5 Å². The summed E-state index contributed by atoms with van der Waals surface area (Å²) in [6, 6.07) is -0.786. The van der Waals surface area contributed by atoms with Crippen LogP contribution in [0, 0.1) is 0 Å². The minimum Gasteiger partial charge on any atom is -0.370 e. The third-order valence-corrected chi connectivity index (χ3v) is 3.84. The molecule has 0 bridgehead atoms. The van der Waals surface area contributed by atoms with Crippen LogP contribution in [0.5, 0.6) is 0 Å². The Balaban J connectivity index is 3.47. The van der Waals surface area contributed by atoms with Crippen molar-refractivity contribution in [1.29, 1.82) is 0 Å². The van der Waals surface area contributed by atoms with Gasteiger partial charge in [-0.05, 0) is 51.9 Å². The molecule has 0 saturated heterocycles. The molecule has 0 aromatic heterocycles. The van der Waals surface area contributed by atoms with Gasteiger partial charge in [0.15, 0.2) is 11.9 Å². The number of hydrogen-bond donors (Lipinski definition) is 8. The fraction of sp³-hybridized carbons (Fsp3) is 0.600. The maximum Gasteiger partial charge on any atom is 0.321 e. The summed E-state index contributed by atoms with van der Waals surface area (Å²) < 4.78 is 0. The normalized spacial score (nSPS) is 11.5. The summed E-state index contributed by atoms with van der Waals surface area (Å²) in [5, 5.41) is 16.7. The van der Waals surface area contributed by atoms with E-state index in [1.807, 2.05) is 0 Å². The molecule has 0 aromatic rings. The zero-order chi connectivity index (χ0) is 23.9. The first kappa shape index (κ1) is 28.9. The van der Waals surface area contributed by atoms with Crippen LogP contribution in [0.25, 0.3) is 0 Å². The number of carbonyl (C=O) groups is 2. The van der Waals surface area contributed by atoms with Crippen molar-refractivity contribution in [3.63, 3.8) is 0 Å². The number of unbranched alkanes of at least 4 members (excludes halogenated alkanes) is 1. The standard InChI is InChI=1S/C20H40N10O2/c1-3-9-27-19(31)29-17(21)25-15-7-13-23-11-5-6-12-24-14-8-16-26-18(22)30-20(32)28-10-4-2/h3-4,23-24H,1-2,5-16H2,(H4,21,25,27,29,31)(H4,22,26,28,30,32). The van der Waals surface area contributed by atoms with Gasteiger partial charge in [-0.25, -0.2) is 9.59 Å². The van der Waals surface area contributed by atoms with E-state index in [0.717, 1.165) is 51.9 Å². The monoisotopic (exact) mass is 452 g/mol. The second-order valence-electron chi connectivity index (χ2n) is 6.70. The zero-order valence-electron chi connectivity index (χ0n) is 18.9. The SMILES string of the molecule is C=CCNC(=O)NC(N)=NCCCNCCCCNCCCN=C(N)NC(=O)NCC=C. The van der Waals surface area contributed by atoms with Gasteiger partial charge in [0.1, 0.15) is 0 Å². The molecule has 12 heteroatoms. The fourth-order valence-corrected chi connectivity index (χ4v) is 2.29. The Morgan fingerprint density at radius 1 is 0.688 bits per heavy atom. The van der Waals surface area contributed by atoms with Crippen LogP contribution in [-0.2, 0) is 0 Å². The van der Waals surface area contributed by atoms with E-state index in [1.165, 1.54) is 0 Å². The number of carbonyl (C=O) groups excluding carboxylic acids is 2. The topological polar surface area (TPSA) is 183 Å². The Hall–Kier alpha value is -3.12. The van der Waals surface area contributed by atoms with E-state index in [9.17, 15) is 9.59 Å². The highest BCUT2D eigenvalue weighted by Crippen LogP contribution is 1.87. The molecule has 0 aliphatic carbocycles. The lowest BCUT2D eigenvalue weighted by Gasteiger charge is -2.07. The summed E-state index contributed by atoms with van der Waals surface area (Å²) >= 11 is 0. The van der Waals surface area contributed by atoms with Crippen molar-refractivity contribution in [2.75, 3.05) is 52.4 Å². The first-order valence-corrected chi connectivity index (χ1v) is 10.8. The van der Waals surface area contributed by atoms with Gasteiger partial charge in [0.2, 0.25) is 0 Å². The predicted molar refractivity (Wildman–Crippen MR) is 131 cm³/mol. The van der Waals surface area contributed by atoms with Crippen LogP contribution in [0.4, 0.5) is 9.59 Å². The van der Waals surface area contributed by atoms with Crippen LogP contribution in [0.15, 0.2) is 35.3 Å². The highest BCUT2D eigenvalue weighted by atomic mass is 16.2. The van der Waals surface area contributed by atoms with Crippen molar-refractivity contribution >= 4 is 24.0 Å². The van der Waals surface area contributed by atoms with Crippen molar-refractivity contribution in [3.8, 4) is 0 Å². The number of nitrogens with zero attached hydrogens (tertiary/aromatic N) is 2. The van der Waals surface area contributed by atoms with Crippen molar-refractivity contribution in [2.24, 2.45) is 21.5 Å². The van der Waals surface area contributed by atoms with Crippen LogP contribution in [-0.4, -0.2) is 76.3 Å². The maximum atomic E-state index is 11.4. The maximum absolute atomic E-state index is 11.4. The Labute approximate surface area is 190 Å². The van der Waals surface area contributed by atoms with Gasteiger partial charge in [0.25, 0.3) is 0 Å². The number of aliphatic imine (C=N–C) groups is 2. The molecule has 0 saturated carbocycles. The first-order chi connectivity index (χ1) is 15.5. The molecule has 0 radical (unpaired) electrons. The van der Waals surface area contributed by atoms with Gasteiger partial charge in [0.05, 0.1) is 0 Å². The summed E-state index contributed by atoms with van der Waals surface area (Å²) in [5.41, 5.74) is 11.2. The minimum absolute atomic E-state index is 0.108. The number of hydrogen-bond acceptors (Lipinski definition) is 6. The number of amides is 4. The number of nitrogens with two attached hydrogens (primary N) is 2. The van der Waals surface area contributed by atoms with Gasteiger partial charge < -0.3 is 32.7 Å². The summed E-state index contributed by atoms with van der Waals surface area (Å²) in [6.07, 6.45) is 6.97. The molecule has 0 fully saturated rings. The summed E-state index contributed by atoms with van der Waals surface area (Å²) in [6.45, 7) is 12.4. The van der Waals surface area contributed by atoms with Gasteiger partial charge in [-0.3, -0.25) is 20.6 Å². The number of guanidine groups is 2. The molecule has 4 amide bonds. The number of rotatable bonds is 17. The third kappa shape index (κ3) is 20.2. The summed E-state index contributed by atoms with van der Waals surface area (Å²) in [7, 11) is 0. The Morgan fingerprint density at radius 2 is 1.06 bits per heavy atom. The van der Waals surface area contributed by atoms with E-state index < -0.39 is 12.1 Å². The average Bonchev–Trinajstić information content (AvgIpc) is 2.76. The van der Waals surface area contributed by atoms with Gasteiger partial charge in [0, 0.05) is 26.2 Å². The number of urea groups is 2. The van der Waals surface area contributed by atoms with Crippen LogP contribution in [0.2, 0.25) is 0 Å². The Morgan fingerprint density at radius 3 is 1.44 bits per heavy atom. The van der Waals surface area contributed by atoms with E-state index in [1.54, 1.807) is 12.2 Å². The van der Waals surface area contributed by atoms with Gasteiger partial charge in [-0.1, -0.05) is 12.2 Å². The van der Waals surface area contributed by atoms with Crippen molar-refractivity contribution < 1.29 is 9.59 Å². The molecule has 32 heavy (non-hydrogen) atoms. The number of nitrogens with one attached hydrogen (secondary N) is 6. The minimum atomic E-state index is -0.393. The van der Waals surface area contributed by atoms with E-state index in [-0.39, 0.29) is 11.9 Å². The molecule has 0 spiro atoms. The summed E-state index contributed by atoms with van der Waals surface area (Å²) in [5.74, 6) is 0.215. The van der Waals surface area contributed by atoms with Crippen LogP contribution < -0.4 is 43.4 Å². The lowest BCUT2D eigenvalue weighted by Crippen LogP contribution is -2.43. The fourth-order valence-electron chi connectivity index (χ4n) is 2.29. The van der Waals surface area contributed by atoms with E-state index >= 15 is 0 Å². The van der Waals surface area contributed by atoms with Gasteiger partial charge in [-0.2, -0.15) is 0 Å². The Bertz CT molecular complexity index is 555. The average molecular weight is 453 g/mol.